The van der Waals surface area contributed by atoms with Crippen LogP contribution in [0.2, 0.25) is 5.02 Å². The Morgan fingerprint density at radius 2 is 2.24 bits per heavy atom. The predicted molar refractivity (Wildman–Crippen MR) is 63.4 cm³/mol. The number of hydrogen-bond donors (Lipinski definition) is 2. The number of rotatable bonds is 0. The molecule has 1 aromatic carbocycles. The molecule has 1 heterocycles. The lowest BCUT2D eigenvalue weighted by Crippen LogP contribution is -2.30. The first-order valence-electron chi connectivity index (χ1n) is 5.04. The van der Waals surface area contributed by atoms with Gasteiger partial charge in [0.2, 0.25) is 0 Å². The second-order valence-corrected chi connectivity index (χ2v) is 4.24. The van der Waals surface area contributed by atoms with Crippen molar-refractivity contribution < 1.29 is 14.6 Å². The van der Waals surface area contributed by atoms with Gasteiger partial charge in [-0.2, -0.15) is 0 Å². The molecule has 86 valence electrons. The number of halogens is 1. The smallest absolute Gasteiger partial charge is 0.181 e. The van der Waals surface area contributed by atoms with Crippen molar-refractivity contribution in [2.75, 3.05) is 5.32 Å². The summed E-state index contributed by atoms with van der Waals surface area (Å²) in [6.45, 7) is 0. The summed E-state index contributed by atoms with van der Waals surface area (Å²) in [5.74, 6) is 0.813. The molecule has 0 saturated heterocycles. The van der Waals surface area contributed by atoms with Crippen molar-refractivity contribution in [3.05, 3.63) is 41.1 Å². The van der Waals surface area contributed by atoms with Crippen LogP contribution in [0.4, 0.5) is 5.69 Å². The molecule has 17 heavy (non-hydrogen) atoms. The fourth-order valence-electron chi connectivity index (χ4n) is 1.81. The first-order valence-corrected chi connectivity index (χ1v) is 5.42. The Labute approximate surface area is 102 Å². The predicted octanol–water partition coefficient (Wildman–Crippen LogP) is 2.24. The van der Waals surface area contributed by atoms with Gasteiger partial charge in [-0.1, -0.05) is 17.7 Å². The molecule has 2 N–H and O–H groups in total. The van der Waals surface area contributed by atoms with E-state index in [1.54, 1.807) is 12.1 Å². The zero-order valence-electron chi connectivity index (χ0n) is 8.61. The first-order chi connectivity index (χ1) is 8.13. The van der Waals surface area contributed by atoms with Crippen LogP contribution in [0.5, 0.6) is 11.5 Å². The maximum atomic E-state index is 11.2. The summed E-state index contributed by atoms with van der Waals surface area (Å²) in [5.41, 5.74) is 0.689. The van der Waals surface area contributed by atoms with Crippen LogP contribution < -0.4 is 10.1 Å². The van der Waals surface area contributed by atoms with E-state index in [0.717, 1.165) is 0 Å². The Balaban J connectivity index is 2.06. The van der Waals surface area contributed by atoms with Gasteiger partial charge in [0.25, 0.3) is 0 Å². The van der Waals surface area contributed by atoms with Gasteiger partial charge in [0, 0.05) is 12.1 Å². The number of carbonyl (C=O) groups is 1. The highest BCUT2D eigenvalue weighted by Crippen LogP contribution is 2.40. The van der Waals surface area contributed by atoms with Gasteiger partial charge in [-0.3, -0.25) is 4.79 Å². The Bertz CT molecular complexity index is 577. The summed E-state index contributed by atoms with van der Waals surface area (Å²) in [5, 5.41) is 12.9. The molecule has 3 rings (SSSR count). The zero-order chi connectivity index (χ0) is 12.0. The molecule has 1 aromatic rings. The highest BCUT2D eigenvalue weighted by molar-refractivity contribution is 6.32. The maximum absolute atomic E-state index is 11.2. The third kappa shape index (κ3) is 1.66. The number of ether oxygens (including phenoxy) is 1. The van der Waals surface area contributed by atoms with Gasteiger partial charge in [-0.15, -0.1) is 0 Å². The van der Waals surface area contributed by atoms with Crippen molar-refractivity contribution in [2.24, 2.45) is 0 Å². The third-order valence-electron chi connectivity index (χ3n) is 2.63. The molecule has 1 atom stereocenters. The standard InChI is InChI=1S/C12H8ClNO3/c13-7-4-9-12(5-10(7)16)17-11-3-6(15)1-2-8(11)14-9/h1-5,8,14,16H. The number of anilines is 1. The van der Waals surface area contributed by atoms with E-state index in [1.807, 2.05) is 0 Å². The number of phenolic OH excluding ortho intramolecular Hbond substituents is 1. The van der Waals surface area contributed by atoms with Crippen LogP contribution in [0.15, 0.2) is 36.1 Å². The summed E-state index contributed by atoms with van der Waals surface area (Å²) >= 11 is 5.81. The third-order valence-corrected chi connectivity index (χ3v) is 2.93. The van der Waals surface area contributed by atoms with Gasteiger partial charge >= 0.3 is 0 Å². The monoisotopic (exact) mass is 249 g/mol. The molecule has 1 aliphatic heterocycles. The number of phenols is 1. The van der Waals surface area contributed by atoms with E-state index in [1.165, 1.54) is 18.2 Å². The molecule has 0 amide bonds. The molecule has 0 fully saturated rings. The van der Waals surface area contributed by atoms with Crippen LogP contribution in [-0.4, -0.2) is 16.9 Å². The van der Waals surface area contributed by atoms with Crippen LogP contribution in [0.25, 0.3) is 0 Å². The fraction of sp³-hybridized carbons (Fsp3) is 0.0833. The number of carbonyl (C=O) groups excluding carboxylic acids is 1. The topological polar surface area (TPSA) is 58.6 Å². The molecule has 0 aromatic heterocycles. The summed E-state index contributed by atoms with van der Waals surface area (Å²) in [6.07, 6.45) is 4.63. The zero-order valence-corrected chi connectivity index (χ0v) is 9.36. The summed E-state index contributed by atoms with van der Waals surface area (Å²) in [6, 6.07) is 2.85. The van der Waals surface area contributed by atoms with E-state index in [2.05, 4.69) is 5.32 Å². The largest absolute Gasteiger partial charge is 0.506 e. The Hall–Kier alpha value is -1.94. The fourth-order valence-corrected chi connectivity index (χ4v) is 1.97. The second kappa shape index (κ2) is 3.53. The summed E-state index contributed by atoms with van der Waals surface area (Å²) in [7, 11) is 0. The van der Waals surface area contributed by atoms with Crippen LogP contribution >= 0.6 is 11.6 Å². The van der Waals surface area contributed by atoms with Crippen molar-refractivity contribution >= 4 is 23.1 Å². The van der Waals surface area contributed by atoms with Crippen molar-refractivity contribution in [3.8, 4) is 11.5 Å². The minimum Gasteiger partial charge on any atom is -0.506 e. The molecule has 4 nitrogen and oxygen atoms in total. The van der Waals surface area contributed by atoms with E-state index in [0.29, 0.717) is 17.2 Å². The minimum atomic E-state index is -0.166. The number of fused-ring (bicyclic) bond motifs is 2. The number of aromatic hydroxyl groups is 1. The van der Waals surface area contributed by atoms with Gasteiger partial charge in [-0.25, -0.2) is 0 Å². The quantitative estimate of drug-likeness (QED) is 0.693. The molecule has 5 heteroatoms. The second-order valence-electron chi connectivity index (χ2n) is 3.83. The molecule has 0 radical (unpaired) electrons. The van der Waals surface area contributed by atoms with Crippen molar-refractivity contribution in [2.45, 2.75) is 6.04 Å². The molecule has 0 spiro atoms. The Morgan fingerprint density at radius 3 is 3.06 bits per heavy atom. The van der Waals surface area contributed by atoms with Gasteiger partial charge in [0.15, 0.2) is 11.5 Å². The van der Waals surface area contributed by atoms with Crippen molar-refractivity contribution in [3.63, 3.8) is 0 Å². The number of hydrogen-bond acceptors (Lipinski definition) is 4. The molecular weight excluding hydrogens is 242 g/mol. The van der Waals surface area contributed by atoms with E-state index in [-0.39, 0.29) is 22.6 Å². The number of allylic oxidation sites excluding steroid dienone is 2. The van der Waals surface area contributed by atoms with Gasteiger partial charge in [0.05, 0.1) is 10.7 Å². The summed E-state index contributed by atoms with van der Waals surface area (Å²) < 4.78 is 5.55. The molecule has 1 unspecified atom stereocenters. The highest BCUT2D eigenvalue weighted by atomic mass is 35.5. The lowest BCUT2D eigenvalue weighted by molar-refractivity contribution is -0.110. The van der Waals surface area contributed by atoms with Crippen LogP contribution in [0.1, 0.15) is 0 Å². The minimum absolute atomic E-state index is 0.0519. The van der Waals surface area contributed by atoms with Crippen molar-refractivity contribution in [1.82, 2.24) is 0 Å². The van der Waals surface area contributed by atoms with Crippen LogP contribution in [-0.2, 0) is 4.79 Å². The normalized spacial score (nSPS) is 20.9. The van der Waals surface area contributed by atoms with E-state index < -0.39 is 0 Å². The van der Waals surface area contributed by atoms with E-state index in [4.69, 9.17) is 16.3 Å². The van der Waals surface area contributed by atoms with Crippen LogP contribution in [0, 0.1) is 0 Å². The molecule has 2 aliphatic rings. The average Bonchev–Trinajstić information content (AvgIpc) is 2.28. The number of ketones is 1. The van der Waals surface area contributed by atoms with Crippen LogP contribution in [0.3, 0.4) is 0 Å². The van der Waals surface area contributed by atoms with Gasteiger partial charge in [-0.05, 0) is 12.1 Å². The first kappa shape index (κ1) is 10.2. The Kier molecular flexibility index (Phi) is 2.12. The molecular formula is C12H8ClNO3. The van der Waals surface area contributed by atoms with Gasteiger partial charge in [0.1, 0.15) is 17.6 Å². The molecule has 0 bridgehead atoms. The Morgan fingerprint density at radius 1 is 1.41 bits per heavy atom. The highest BCUT2D eigenvalue weighted by Gasteiger charge is 2.26. The average molecular weight is 250 g/mol. The lowest BCUT2D eigenvalue weighted by Gasteiger charge is -2.29. The molecule has 0 saturated carbocycles. The van der Waals surface area contributed by atoms with E-state index in [9.17, 15) is 9.90 Å². The lowest BCUT2D eigenvalue weighted by atomic mass is 10.1. The van der Waals surface area contributed by atoms with Gasteiger partial charge < -0.3 is 15.2 Å². The maximum Gasteiger partial charge on any atom is 0.181 e. The van der Waals surface area contributed by atoms with Crippen molar-refractivity contribution in [1.29, 1.82) is 0 Å². The molecule has 1 aliphatic carbocycles. The van der Waals surface area contributed by atoms with E-state index >= 15 is 0 Å². The number of nitrogens with one attached hydrogen (secondary N) is 1. The SMILES string of the molecule is O=C1C=CC2Nc3cc(Cl)c(O)cc3OC2=C1. The number of benzene rings is 1. The summed E-state index contributed by atoms with van der Waals surface area (Å²) in [4.78, 5) is 11.2.